The highest BCUT2D eigenvalue weighted by Crippen LogP contribution is 2.23. The van der Waals surface area contributed by atoms with Crippen LogP contribution in [0.3, 0.4) is 0 Å². The van der Waals surface area contributed by atoms with Crippen LogP contribution in [0.5, 0.6) is 0 Å². The van der Waals surface area contributed by atoms with Crippen molar-refractivity contribution in [1.29, 1.82) is 0 Å². The quantitative estimate of drug-likeness (QED) is 0.715. The minimum atomic E-state index is -0.178. The van der Waals surface area contributed by atoms with Crippen LogP contribution in [0, 0.1) is 6.92 Å². The molecule has 142 valence electrons. The molecule has 1 aliphatic heterocycles. The van der Waals surface area contributed by atoms with Crippen molar-refractivity contribution in [3.05, 3.63) is 66.1 Å². The molecule has 4 rings (SSSR count). The molecule has 0 unspecified atom stereocenters. The summed E-state index contributed by atoms with van der Waals surface area (Å²) in [5.41, 5.74) is 2.95. The molecule has 1 saturated heterocycles. The van der Waals surface area contributed by atoms with Crippen molar-refractivity contribution in [2.75, 3.05) is 23.3 Å². The molecule has 7 nitrogen and oxygen atoms in total. The number of aromatic nitrogens is 1. The van der Waals surface area contributed by atoms with E-state index in [4.69, 9.17) is 4.42 Å². The van der Waals surface area contributed by atoms with E-state index in [2.05, 4.69) is 15.6 Å². The van der Waals surface area contributed by atoms with Crippen molar-refractivity contribution in [2.45, 2.75) is 13.3 Å². The summed E-state index contributed by atoms with van der Waals surface area (Å²) in [7, 11) is 0. The van der Waals surface area contributed by atoms with E-state index in [9.17, 15) is 9.59 Å². The first-order valence-electron chi connectivity index (χ1n) is 9.07. The number of nitrogens with zero attached hydrogens (tertiary/aromatic N) is 2. The lowest BCUT2D eigenvalue weighted by Gasteiger charge is -2.14. The number of oxazole rings is 1. The molecule has 0 spiro atoms. The smallest absolute Gasteiger partial charge is 0.321 e. The first-order valence-corrected chi connectivity index (χ1v) is 9.07. The predicted octanol–water partition coefficient (Wildman–Crippen LogP) is 3.36. The average molecular weight is 376 g/mol. The summed E-state index contributed by atoms with van der Waals surface area (Å²) < 4.78 is 5.70. The van der Waals surface area contributed by atoms with Gasteiger partial charge in [-0.2, -0.15) is 0 Å². The zero-order valence-corrected chi connectivity index (χ0v) is 15.4. The van der Waals surface area contributed by atoms with Crippen LogP contribution in [0.2, 0.25) is 0 Å². The van der Waals surface area contributed by atoms with E-state index in [0.29, 0.717) is 36.1 Å². The van der Waals surface area contributed by atoms with E-state index in [0.717, 1.165) is 11.3 Å². The molecular formula is C21H20N4O3. The Hall–Kier alpha value is -3.61. The van der Waals surface area contributed by atoms with Gasteiger partial charge in [0, 0.05) is 30.0 Å². The van der Waals surface area contributed by atoms with E-state index < -0.39 is 0 Å². The second kappa shape index (κ2) is 7.56. The number of hydrogen-bond acceptors (Lipinski definition) is 4. The van der Waals surface area contributed by atoms with Crippen LogP contribution < -0.4 is 15.5 Å². The molecule has 1 aliphatic rings. The third-order valence-electron chi connectivity index (χ3n) is 4.56. The Morgan fingerprint density at radius 2 is 1.93 bits per heavy atom. The van der Waals surface area contributed by atoms with E-state index in [1.165, 1.54) is 0 Å². The largest absolute Gasteiger partial charge is 0.441 e. The number of carbonyl (C=O) groups is 2. The van der Waals surface area contributed by atoms with Gasteiger partial charge in [0.05, 0.1) is 12.1 Å². The Labute approximate surface area is 162 Å². The van der Waals surface area contributed by atoms with Crippen LogP contribution in [-0.2, 0) is 11.2 Å². The molecule has 0 aliphatic carbocycles. The van der Waals surface area contributed by atoms with Crippen molar-refractivity contribution in [1.82, 2.24) is 10.3 Å². The molecule has 0 bridgehead atoms. The first-order chi connectivity index (χ1) is 13.6. The van der Waals surface area contributed by atoms with Gasteiger partial charge in [0.2, 0.25) is 11.8 Å². The standard InChI is InChI=1S/C21H20N4O3/c1-14-18(24-20(28-14)15-5-3-2-4-6-15)13-19(26)23-16-7-9-17(10-8-16)25-12-11-22-21(25)27/h2-10H,11-13H2,1H3,(H,22,27)(H,23,26). The van der Waals surface area contributed by atoms with Crippen LogP contribution in [0.25, 0.3) is 11.5 Å². The molecule has 7 heteroatoms. The van der Waals surface area contributed by atoms with Gasteiger partial charge in [-0.05, 0) is 43.3 Å². The Morgan fingerprint density at radius 1 is 1.18 bits per heavy atom. The number of amides is 3. The molecule has 28 heavy (non-hydrogen) atoms. The summed E-state index contributed by atoms with van der Waals surface area (Å²) in [6.07, 6.45) is 0.123. The minimum Gasteiger partial charge on any atom is -0.441 e. The van der Waals surface area contributed by atoms with Gasteiger partial charge >= 0.3 is 6.03 Å². The average Bonchev–Trinajstić information content (AvgIpc) is 3.29. The van der Waals surface area contributed by atoms with Crippen molar-refractivity contribution in [2.24, 2.45) is 0 Å². The lowest BCUT2D eigenvalue weighted by Crippen LogP contribution is -2.27. The van der Waals surface area contributed by atoms with Gasteiger partial charge in [-0.25, -0.2) is 9.78 Å². The van der Waals surface area contributed by atoms with Gasteiger partial charge in [0.15, 0.2) is 0 Å². The van der Waals surface area contributed by atoms with E-state index in [-0.39, 0.29) is 18.4 Å². The fourth-order valence-corrected chi connectivity index (χ4v) is 3.10. The van der Waals surface area contributed by atoms with Crippen LogP contribution in [-0.4, -0.2) is 30.0 Å². The zero-order chi connectivity index (χ0) is 19.5. The zero-order valence-electron chi connectivity index (χ0n) is 15.4. The number of hydrogen-bond donors (Lipinski definition) is 2. The molecule has 0 atom stereocenters. The third-order valence-corrected chi connectivity index (χ3v) is 4.56. The molecule has 1 aromatic heterocycles. The topological polar surface area (TPSA) is 87.5 Å². The highest BCUT2D eigenvalue weighted by molar-refractivity contribution is 5.95. The van der Waals surface area contributed by atoms with Gasteiger partial charge < -0.3 is 15.1 Å². The summed E-state index contributed by atoms with van der Waals surface area (Å²) >= 11 is 0. The lowest BCUT2D eigenvalue weighted by molar-refractivity contribution is -0.115. The lowest BCUT2D eigenvalue weighted by atomic mass is 10.2. The fraction of sp³-hybridized carbons (Fsp3) is 0.190. The van der Waals surface area contributed by atoms with Crippen molar-refractivity contribution in [3.8, 4) is 11.5 Å². The van der Waals surface area contributed by atoms with Gasteiger partial charge in [0.25, 0.3) is 0 Å². The van der Waals surface area contributed by atoms with Gasteiger partial charge in [0.1, 0.15) is 5.76 Å². The summed E-state index contributed by atoms with van der Waals surface area (Å²) in [5.74, 6) is 0.959. The highest BCUT2D eigenvalue weighted by Gasteiger charge is 2.21. The van der Waals surface area contributed by atoms with Crippen molar-refractivity contribution < 1.29 is 14.0 Å². The second-order valence-electron chi connectivity index (χ2n) is 6.54. The number of rotatable bonds is 5. The summed E-state index contributed by atoms with van der Waals surface area (Å²) in [6, 6.07) is 16.7. The first kappa shape index (κ1) is 17.8. The molecule has 1 fully saturated rings. The maximum absolute atomic E-state index is 12.4. The molecule has 0 radical (unpaired) electrons. The molecule has 2 heterocycles. The summed E-state index contributed by atoms with van der Waals surface area (Å²) in [4.78, 5) is 30.2. The maximum atomic E-state index is 12.4. The second-order valence-corrected chi connectivity index (χ2v) is 6.54. The molecule has 0 saturated carbocycles. The number of carbonyl (C=O) groups excluding carboxylic acids is 2. The normalized spacial score (nSPS) is 13.5. The molecule has 2 N–H and O–H groups in total. The Bertz CT molecular complexity index is 996. The number of nitrogens with one attached hydrogen (secondary N) is 2. The van der Waals surface area contributed by atoms with Crippen LogP contribution >= 0.6 is 0 Å². The monoisotopic (exact) mass is 376 g/mol. The molecular weight excluding hydrogens is 356 g/mol. The highest BCUT2D eigenvalue weighted by atomic mass is 16.4. The number of urea groups is 1. The third kappa shape index (κ3) is 3.73. The Kier molecular flexibility index (Phi) is 4.80. The number of anilines is 2. The number of aryl methyl sites for hydroxylation is 1. The maximum Gasteiger partial charge on any atom is 0.321 e. The van der Waals surface area contributed by atoms with Crippen molar-refractivity contribution in [3.63, 3.8) is 0 Å². The van der Waals surface area contributed by atoms with Gasteiger partial charge in [-0.1, -0.05) is 18.2 Å². The minimum absolute atomic E-state index is 0.104. The Morgan fingerprint density at radius 3 is 2.61 bits per heavy atom. The number of benzene rings is 2. The van der Waals surface area contributed by atoms with Crippen molar-refractivity contribution >= 4 is 23.3 Å². The predicted molar refractivity (Wildman–Crippen MR) is 106 cm³/mol. The van der Waals surface area contributed by atoms with E-state index in [1.54, 1.807) is 24.0 Å². The van der Waals surface area contributed by atoms with E-state index >= 15 is 0 Å². The fourth-order valence-electron chi connectivity index (χ4n) is 3.10. The van der Waals surface area contributed by atoms with Gasteiger partial charge in [-0.15, -0.1) is 0 Å². The summed E-state index contributed by atoms with van der Waals surface area (Å²) in [6.45, 7) is 3.08. The van der Waals surface area contributed by atoms with Crippen LogP contribution in [0.1, 0.15) is 11.5 Å². The molecule has 3 amide bonds. The summed E-state index contributed by atoms with van der Waals surface area (Å²) in [5, 5.41) is 5.62. The molecule has 2 aromatic carbocycles. The molecule has 3 aromatic rings. The van der Waals surface area contributed by atoms with Crippen LogP contribution in [0.4, 0.5) is 16.2 Å². The Balaban J connectivity index is 1.41. The van der Waals surface area contributed by atoms with E-state index in [1.807, 2.05) is 42.5 Å². The van der Waals surface area contributed by atoms with Gasteiger partial charge in [-0.3, -0.25) is 9.69 Å². The SMILES string of the molecule is Cc1oc(-c2ccccc2)nc1CC(=O)Nc1ccc(N2CCNC2=O)cc1. The van der Waals surface area contributed by atoms with Crippen LogP contribution in [0.15, 0.2) is 59.0 Å².